The summed E-state index contributed by atoms with van der Waals surface area (Å²) in [5, 5.41) is 14.6. The molecule has 5 aromatic rings. The highest BCUT2D eigenvalue weighted by Crippen LogP contribution is 2.44. The molecule has 0 saturated heterocycles. The van der Waals surface area contributed by atoms with E-state index >= 15 is 0 Å². The van der Waals surface area contributed by atoms with Crippen LogP contribution in [0.15, 0.2) is 102 Å². The minimum Gasteiger partial charge on any atom is -0.497 e. The Morgan fingerprint density at radius 2 is 1.77 bits per heavy atom. The molecule has 0 bridgehead atoms. The predicted molar refractivity (Wildman–Crippen MR) is 156 cm³/mol. The number of ether oxygens (including phenoxy) is 1. The Morgan fingerprint density at radius 1 is 1.00 bits per heavy atom. The first-order valence-electron chi connectivity index (χ1n) is 12.8. The fraction of sp³-hybridized carbons (Fsp3) is 0.161. The summed E-state index contributed by atoms with van der Waals surface area (Å²) in [6, 6.07) is 25.7. The van der Waals surface area contributed by atoms with Crippen molar-refractivity contribution in [2.45, 2.75) is 18.4 Å². The van der Waals surface area contributed by atoms with Gasteiger partial charge in [-0.1, -0.05) is 54.6 Å². The van der Waals surface area contributed by atoms with Crippen LogP contribution in [0.1, 0.15) is 24.1 Å². The van der Waals surface area contributed by atoms with Crippen molar-refractivity contribution in [3.63, 3.8) is 0 Å². The van der Waals surface area contributed by atoms with Gasteiger partial charge in [-0.3, -0.25) is 9.78 Å². The number of nitrogens with zero attached hydrogens (tertiary/aromatic N) is 4. The van der Waals surface area contributed by atoms with Crippen molar-refractivity contribution >= 4 is 39.9 Å². The number of carbonyl (C=O) groups excluding carboxylic acids is 1. The van der Waals surface area contributed by atoms with Crippen molar-refractivity contribution in [1.82, 2.24) is 15.0 Å². The third kappa shape index (κ3) is 4.32. The molecule has 0 radical (unpaired) electrons. The van der Waals surface area contributed by atoms with Gasteiger partial charge < -0.3 is 10.1 Å². The number of hydrogen-bond donors (Lipinski definition) is 1. The van der Waals surface area contributed by atoms with Crippen molar-refractivity contribution in [3.05, 3.63) is 108 Å². The molecule has 8 heteroatoms. The van der Waals surface area contributed by atoms with Gasteiger partial charge in [-0.2, -0.15) is 5.10 Å². The molecule has 0 fully saturated rings. The molecule has 194 valence electrons. The van der Waals surface area contributed by atoms with Crippen LogP contribution in [0.2, 0.25) is 0 Å². The number of fused-ring (bicyclic) bond motifs is 1. The number of likely N-dealkylation sites (N-methyl/N-ethyl adjacent to an activating group) is 1. The molecule has 1 aliphatic rings. The van der Waals surface area contributed by atoms with Crippen molar-refractivity contribution < 1.29 is 9.53 Å². The van der Waals surface area contributed by atoms with Gasteiger partial charge in [0.15, 0.2) is 5.54 Å². The highest BCUT2D eigenvalue weighted by atomic mass is 32.1. The molecule has 3 heterocycles. The molecule has 1 aliphatic heterocycles. The van der Waals surface area contributed by atoms with E-state index in [1.54, 1.807) is 24.6 Å². The molecule has 1 N–H and O–H groups in total. The van der Waals surface area contributed by atoms with E-state index in [1.807, 2.05) is 104 Å². The van der Waals surface area contributed by atoms with E-state index in [0.29, 0.717) is 6.54 Å². The second-order valence-electron chi connectivity index (χ2n) is 9.28. The van der Waals surface area contributed by atoms with E-state index in [9.17, 15) is 4.79 Å². The van der Waals surface area contributed by atoms with Crippen LogP contribution in [0.3, 0.4) is 0 Å². The maximum Gasteiger partial charge on any atom is 0.274 e. The van der Waals surface area contributed by atoms with E-state index in [0.717, 1.165) is 44.0 Å². The highest BCUT2D eigenvalue weighted by molar-refractivity contribution is 7.13. The van der Waals surface area contributed by atoms with Gasteiger partial charge in [0.05, 0.1) is 30.6 Å². The normalized spacial score (nSPS) is 18.9. The number of hydrogen-bond acceptors (Lipinski definition) is 7. The van der Waals surface area contributed by atoms with Crippen LogP contribution in [-0.4, -0.2) is 40.8 Å². The van der Waals surface area contributed by atoms with Gasteiger partial charge in [0.25, 0.3) is 5.91 Å². The standard InChI is InChI=1S/C31H27N5O2S/c1-3-36-30(37)31(23-10-5-4-6-11-23,35-27-19-32-17-22-9-7-8-12-25(22)27)26(18-33-36)28-20-39-29(34-28)21-13-15-24(38-2)16-14-21/h4-20,26,35H,3H2,1-2H3. The first-order valence-corrected chi connectivity index (χ1v) is 13.6. The summed E-state index contributed by atoms with van der Waals surface area (Å²) in [5.41, 5.74) is 2.15. The average molecular weight is 534 g/mol. The number of pyridine rings is 1. The minimum atomic E-state index is -1.20. The van der Waals surface area contributed by atoms with Crippen LogP contribution in [0.4, 0.5) is 5.69 Å². The lowest BCUT2D eigenvalue weighted by molar-refractivity contribution is -0.137. The number of rotatable bonds is 7. The number of thiazole rings is 1. The van der Waals surface area contributed by atoms with Crippen LogP contribution in [-0.2, 0) is 10.3 Å². The lowest BCUT2D eigenvalue weighted by Gasteiger charge is -2.43. The fourth-order valence-electron chi connectivity index (χ4n) is 5.10. The third-order valence-corrected chi connectivity index (χ3v) is 8.01. The Morgan fingerprint density at radius 3 is 2.54 bits per heavy atom. The Bertz CT molecular complexity index is 1650. The summed E-state index contributed by atoms with van der Waals surface area (Å²) < 4.78 is 5.31. The van der Waals surface area contributed by atoms with E-state index < -0.39 is 11.5 Å². The maximum absolute atomic E-state index is 14.4. The molecule has 0 spiro atoms. The van der Waals surface area contributed by atoms with Gasteiger partial charge in [0, 0.05) is 40.7 Å². The zero-order chi connectivity index (χ0) is 26.8. The third-order valence-electron chi connectivity index (χ3n) is 7.10. The van der Waals surface area contributed by atoms with Crippen LogP contribution in [0, 0.1) is 0 Å². The molecule has 3 aromatic carbocycles. The summed E-state index contributed by atoms with van der Waals surface area (Å²) in [4.78, 5) is 23.9. The van der Waals surface area contributed by atoms with Crippen molar-refractivity contribution in [2.24, 2.45) is 5.10 Å². The molecule has 1 amide bonds. The summed E-state index contributed by atoms with van der Waals surface area (Å²) in [7, 11) is 1.65. The molecular weight excluding hydrogens is 506 g/mol. The predicted octanol–water partition coefficient (Wildman–Crippen LogP) is 6.31. The number of methoxy groups -OCH3 is 1. The van der Waals surface area contributed by atoms with Gasteiger partial charge in [-0.25, -0.2) is 9.99 Å². The first kappa shape index (κ1) is 24.8. The Hall–Kier alpha value is -4.56. The van der Waals surface area contributed by atoms with Gasteiger partial charge in [0.1, 0.15) is 10.8 Å². The number of anilines is 1. The molecule has 0 saturated carbocycles. The largest absolute Gasteiger partial charge is 0.497 e. The smallest absolute Gasteiger partial charge is 0.274 e. The molecule has 7 nitrogen and oxygen atoms in total. The molecule has 2 unspecified atom stereocenters. The Balaban J connectivity index is 1.53. The minimum absolute atomic E-state index is 0.143. The lowest BCUT2D eigenvalue weighted by Crippen LogP contribution is -2.57. The van der Waals surface area contributed by atoms with Crippen LogP contribution >= 0.6 is 11.3 Å². The van der Waals surface area contributed by atoms with E-state index in [-0.39, 0.29) is 5.91 Å². The fourth-order valence-corrected chi connectivity index (χ4v) is 5.96. The quantitative estimate of drug-likeness (QED) is 0.265. The number of nitrogens with one attached hydrogen (secondary N) is 1. The number of hydrazone groups is 1. The van der Waals surface area contributed by atoms with Crippen molar-refractivity contribution in [1.29, 1.82) is 0 Å². The highest BCUT2D eigenvalue weighted by Gasteiger charge is 2.53. The average Bonchev–Trinajstić information content (AvgIpc) is 3.49. The topological polar surface area (TPSA) is 79.7 Å². The molecule has 2 aromatic heterocycles. The van der Waals surface area contributed by atoms with Crippen LogP contribution in [0.5, 0.6) is 5.75 Å². The second-order valence-corrected chi connectivity index (χ2v) is 10.1. The van der Waals surface area contributed by atoms with E-state index in [4.69, 9.17) is 9.72 Å². The van der Waals surface area contributed by atoms with Crippen molar-refractivity contribution in [2.75, 3.05) is 19.0 Å². The molecular formula is C31H27N5O2S. The summed E-state index contributed by atoms with van der Waals surface area (Å²) in [6.45, 7) is 2.37. The number of aromatic nitrogens is 2. The number of amides is 1. The van der Waals surface area contributed by atoms with Crippen molar-refractivity contribution in [3.8, 4) is 16.3 Å². The maximum atomic E-state index is 14.4. The lowest BCUT2D eigenvalue weighted by atomic mass is 9.74. The van der Waals surface area contributed by atoms with Crippen LogP contribution < -0.4 is 10.1 Å². The zero-order valence-corrected chi connectivity index (χ0v) is 22.4. The number of carbonyl (C=O) groups is 1. The number of benzene rings is 3. The SMILES string of the molecule is CCN1N=CC(c2csc(-c3ccc(OC)cc3)n2)C(Nc2cncc3ccccc23)(c2ccccc2)C1=O. The molecule has 6 rings (SSSR count). The van der Waals surface area contributed by atoms with Gasteiger partial charge in [0.2, 0.25) is 0 Å². The van der Waals surface area contributed by atoms with Gasteiger partial charge in [-0.15, -0.1) is 11.3 Å². The first-order chi connectivity index (χ1) is 19.1. The second kappa shape index (κ2) is 10.3. The monoisotopic (exact) mass is 533 g/mol. The zero-order valence-electron chi connectivity index (χ0n) is 21.6. The van der Waals surface area contributed by atoms with E-state index in [2.05, 4.69) is 15.4 Å². The Labute approximate surface area is 230 Å². The van der Waals surface area contributed by atoms with Gasteiger partial charge in [-0.05, 0) is 36.8 Å². The summed E-state index contributed by atoms with van der Waals surface area (Å²) >= 11 is 1.54. The summed E-state index contributed by atoms with van der Waals surface area (Å²) in [5.74, 6) is 0.171. The Kier molecular flexibility index (Phi) is 6.54. The molecule has 39 heavy (non-hydrogen) atoms. The molecule has 2 atom stereocenters. The van der Waals surface area contributed by atoms with Gasteiger partial charge >= 0.3 is 0 Å². The van der Waals surface area contributed by atoms with E-state index in [1.165, 1.54) is 5.01 Å². The van der Waals surface area contributed by atoms with Crippen LogP contribution in [0.25, 0.3) is 21.3 Å². The summed E-state index contributed by atoms with van der Waals surface area (Å²) in [6.07, 6.45) is 5.46. The molecule has 0 aliphatic carbocycles.